The van der Waals surface area contributed by atoms with Crippen molar-refractivity contribution >= 4 is 18.6 Å². The number of benzene rings is 1. The van der Waals surface area contributed by atoms with Crippen molar-refractivity contribution in [3.8, 4) is 5.75 Å². The van der Waals surface area contributed by atoms with Crippen LogP contribution in [0.4, 0.5) is 18.6 Å². The van der Waals surface area contributed by atoms with Crippen LogP contribution in [0.15, 0.2) is 24.3 Å². The number of anilines is 1. The topological polar surface area (TPSA) is 38.3 Å². The minimum Gasteiger partial charge on any atom is -0.495 e. The molecular weight excluding hydrogens is 273 g/mol. The van der Waals surface area contributed by atoms with E-state index in [9.17, 15) is 17.7 Å². The molecule has 0 unspecified atom stereocenters. The van der Waals surface area contributed by atoms with Crippen LogP contribution >= 0.6 is 0 Å². The molecule has 0 aromatic heterocycles. The fraction of sp³-hybridized carbons (Fsp3) is 0.300. The second kappa shape index (κ2) is 8.21. The van der Waals surface area contributed by atoms with E-state index in [2.05, 4.69) is 5.32 Å². The van der Waals surface area contributed by atoms with Crippen LogP contribution in [0.3, 0.4) is 0 Å². The Morgan fingerprint density at radius 3 is 2.50 bits per heavy atom. The van der Waals surface area contributed by atoms with E-state index >= 15 is 0 Å². The largest absolute Gasteiger partial charge is 1.00 e. The SMILES string of the molecule is COc1ccccc1NC(=O)CC[B-](F)(F)F.[K+]. The number of rotatable bonds is 5. The third-order valence-electron chi connectivity index (χ3n) is 2.08. The van der Waals surface area contributed by atoms with Gasteiger partial charge in [0.05, 0.1) is 12.8 Å². The maximum Gasteiger partial charge on any atom is 1.00 e. The maximum atomic E-state index is 12.0. The fourth-order valence-electron chi connectivity index (χ4n) is 1.26. The molecule has 0 aliphatic heterocycles. The summed E-state index contributed by atoms with van der Waals surface area (Å²) in [6.45, 7) is -4.92. The van der Waals surface area contributed by atoms with Gasteiger partial charge in [0.1, 0.15) is 5.75 Å². The van der Waals surface area contributed by atoms with Gasteiger partial charge in [-0.25, -0.2) is 0 Å². The third-order valence-corrected chi connectivity index (χ3v) is 2.08. The molecule has 0 atom stereocenters. The zero-order valence-electron chi connectivity index (χ0n) is 10.3. The van der Waals surface area contributed by atoms with Gasteiger partial charge in [-0.2, -0.15) is 0 Å². The van der Waals surface area contributed by atoms with Crippen molar-refractivity contribution < 1.29 is 73.9 Å². The molecule has 0 spiro atoms. The van der Waals surface area contributed by atoms with E-state index in [0.717, 1.165) is 0 Å². The number of ether oxygens (including phenoxy) is 1. The van der Waals surface area contributed by atoms with Gasteiger partial charge in [0.25, 0.3) is 0 Å². The third kappa shape index (κ3) is 6.79. The second-order valence-electron chi connectivity index (χ2n) is 3.50. The van der Waals surface area contributed by atoms with Crippen LogP contribution in [0.25, 0.3) is 0 Å². The molecule has 0 aliphatic rings. The molecule has 0 aliphatic carbocycles. The predicted octanol–water partition coefficient (Wildman–Crippen LogP) is -0.125. The molecule has 0 saturated heterocycles. The van der Waals surface area contributed by atoms with Gasteiger partial charge in [0, 0.05) is 6.42 Å². The summed E-state index contributed by atoms with van der Waals surface area (Å²) in [5, 5.41) is 2.38. The first-order valence-electron chi connectivity index (χ1n) is 5.06. The van der Waals surface area contributed by atoms with Crippen LogP contribution in [-0.4, -0.2) is 20.0 Å². The zero-order valence-corrected chi connectivity index (χ0v) is 13.4. The smallest absolute Gasteiger partial charge is 0.495 e. The Labute approximate surface area is 146 Å². The quantitative estimate of drug-likeness (QED) is 0.766. The first-order valence-corrected chi connectivity index (χ1v) is 5.06. The van der Waals surface area contributed by atoms with E-state index in [0.29, 0.717) is 11.4 Å². The summed E-state index contributed by atoms with van der Waals surface area (Å²) in [7, 11) is 1.42. The van der Waals surface area contributed by atoms with E-state index in [1.807, 2.05) is 0 Å². The minimum absolute atomic E-state index is 0. The Kier molecular flexibility index (Phi) is 8.20. The van der Waals surface area contributed by atoms with Crippen molar-refractivity contribution in [2.24, 2.45) is 0 Å². The molecule has 0 saturated carbocycles. The van der Waals surface area contributed by atoms with Gasteiger partial charge in [0.2, 0.25) is 5.91 Å². The molecule has 18 heavy (non-hydrogen) atoms. The Balaban J connectivity index is 0.00000289. The normalized spacial score (nSPS) is 10.4. The van der Waals surface area contributed by atoms with Crippen molar-refractivity contribution in [3.63, 3.8) is 0 Å². The van der Waals surface area contributed by atoms with Crippen LogP contribution in [-0.2, 0) is 4.79 Å². The standard InChI is InChI=1S/C10H12BF3NO2.K/c1-17-9-5-3-2-4-8(9)15-10(16)6-7-11(12,13)14;/h2-5H,6-7H2,1H3,(H,15,16);/q-1;+1. The summed E-state index contributed by atoms with van der Waals surface area (Å²) in [5.41, 5.74) is 0.370. The van der Waals surface area contributed by atoms with Crippen molar-refractivity contribution in [1.82, 2.24) is 0 Å². The van der Waals surface area contributed by atoms with Gasteiger partial charge in [-0.1, -0.05) is 18.5 Å². The van der Waals surface area contributed by atoms with Crippen molar-refractivity contribution in [1.29, 1.82) is 0 Å². The molecule has 3 nitrogen and oxygen atoms in total. The van der Waals surface area contributed by atoms with E-state index in [1.54, 1.807) is 24.3 Å². The number of hydrogen-bond donors (Lipinski definition) is 1. The van der Waals surface area contributed by atoms with Gasteiger partial charge >= 0.3 is 58.4 Å². The monoisotopic (exact) mass is 285 g/mol. The molecule has 0 fully saturated rings. The summed E-state index contributed by atoms with van der Waals surface area (Å²) < 4.78 is 40.8. The Hall–Kier alpha value is -0.0187. The number of para-hydroxylation sites is 2. The Morgan fingerprint density at radius 2 is 1.94 bits per heavy atom. The van der Waals surface area contributed by atoms with Crippen LogP contribution in [0.2, 0.25) is 6.32 Å². The van der Waals surface area contributed by atoms with Crippen LogP contribution in [0, 0.1) is 0 Å². The van der Waals surface area contributed by atoms with E-state index in [4.69, 9.17) is 4.74 Å². The molecular formula is C10H12BF3KNO2. The molecule has 1 aromatic rings. The van der Waals surface area contributed by atoms with E-state index in [-0.39, 0.29) is 51.4 Å². The van der Waals surface area contributed by atoms with Crippen LogP contribution in [0.1, 0.15) is 6.42 Å². The number of methoxy groups -OCH3 is 1. The Morgan fingerprint density at radius 1 is 1.33 bits per heavy atom. The van der Waals surface area contributed by atoms with Gasteiger partial charge < -0.3 is 23.0 Å². The molecule has 1 N–H and O–H groups in total. The molecule has 1 aromatic carbocycles. The first kappa shape index (κ1) is 18.0. The molecule has 1 amide bonds. The first-order chi connectivity index (χ1) is 7.92. The van der Waals surface area contributed by atoms with E-state index in [1.165, 1.54) is 7.11 Å². The molecule has 0 bridgehead atoms. The summed E-state index contributed by atoms with van der Waals surface area (Å²) >= 11 is 0. The number of halogens is 3. The number of hydrogen-bond acceptors (Lipinski definition) is 2. The van der Waals surface area contributed by atoms with Crippen LogP contribution in [0.5, 0.6) is 5.75 Å². The summed E-state index contributed by atoms with van der Waals surface area (Å²) in [5.74, 6) is -0.257. The van der Waals surface area contributed by atoms with Gasteiger partial charge in [-0.05, 0) is 12.1 Å². The molecule has 0 radical (unpaired) electrons. The summed E-state index contributed by atoms with van der Waals surface area (Å²) in [6, 6.07) is 6.54. The van der Waals surface area contributed by atoms with Crippen molar-refractivity contribution in [3.05, 3.63) is 24.3 Å². The zero-order chi connectivity index (χ0) is 12.9. The van der Waals surface area contributed by atoms with Gasteiger partial charge in [-0.15, -0.1) is 0 Å². The maximum absolute atomic E-state index is 12.0. The minimum atomic E-state index is -4.92. The number of amides is 1. The Bertz CT molecular complexity index is 401. The number of nitrogens with one attached hydrogen (secondary N) is 1. The summed E-state index contributed by atoms with van der Waals surface area (Å²) in [4.78, 5) is 11.3. The number of carbonyl (C=O) groups is 1. The van der Waals surface area contributed by atoms with Crippen LogP contribution < -0.4 is 61.4 Å². The molecule has 94 valence electrons. The average molecular weight is 285 g/mol. The van der Waals surface area contributed by atoms with Gasteiger partial charge in [-0.3, -0.25) is 4.79 Å². The van der Waals surface area contributed by atoms with Crippen molar-refractivity contribution in [2.45, 2.75) is 12.7 Å². The fourth-order valence-corrected chi connectivity index (χ4v) is 1.26. The molecule has 8 heteroatoms. The molecule has 0 heterocycles. The van der Waals surface area contributed by atoms with E-state index < -0.39 is 25.6 Å². The van der Waals surface area contributed by atoms with Gasteiger partial charge in [0.15, 0.2) is 0 Å². The molecule has 1 rings (SSSR count). The predicted molar refractivity (Wildman–Crippen MR) is 60.1 cm³/mol. The average Bonchev–Trinajstić information content (AvgIpc) is 2.26. The van der Waals surface area contributed by atoms with Crippen molar-refractivity contribution in [2.75, 3.05) is 12.4 Å². The summed E-state index contributed by atoms with van der Waals surface area (Å²) in [6.07, 6.45) is -1.64. The number of carbonyl (C=O) groups excluding carboxylic acids is 1. The second-order valence-corrected chi connectivity index (χ2v) is 3.50.